The molecule has 1 aliphatic heterocycles. The van der Waals surface area contributed by atoms with E-state index in [1.807, 2.05) is 24.4 Å². The van der Waals surface area contributed by atoms with Crippen LogP contribution in [0, 0.1) is 19.3 Å². The normalized spacial score (nSPS) is 13.7. The van der Waals surface area contributed by atoms with Gasteiger partial charge in [0.05, 0.1) is 30.0 Å². The summed E-state index contributed by atoms with van der Waals surface area (Å²) < 4.78 is 5.31. The highest BCUT2D eigenvalue weighted by Gasteiger charge is 2.31. The fraction of sp³-hybridized carbons (Fsp3) is 0.269. The number of ether oxygens (including phenoxy) is 1. The predicted octanol–water partition coefficient (Wildman–Crippen LogP) is 6.15. The van der Waals surface area contributed by atoms with Crippen LogP contribution < -0.4 is 4.90 Å². The van der Waals surface area contributed by atoms with Gasteiger partial charge in [-0.25, -0.2) is 9.78 Å². The molecule has 6 nitrogen and oxygen atoms in total. The van der Waals surface area contributed by atoms with E-state index in [9.17, 15) is 9.90 Å². The quantitative estimate of drug-likeness (QED) is 0.325. The van der Waals surface area contributed by atoms with Crippen molar-refractivity contribution in [2.75, 3.05) is 18.1 Å². The molecule has 0 spiro atoms. The van der Waals surface area contributed by atoms with E-state index >= 15 is 0 Å². The van der Waals surface area contributed by atoms with Crippen LogP contribution in [0.5, 0.6) is 0 Å². The van der Waals surface area contributed by atoms with E-state index in [4.69, 9.17) is 15.1 Å². The predicted molar refractivity (Wildman–Crippen MR) is 133 cm³/mol. The number of carbonyl (C=O) groups is 1. The summed E-state index contributed by atoms with van der Waals surface area (Å²) in [6.45, 7) is 6.72. The molecule has 0 atom stereocenters. The van der Waals surface area contributed by atoms with Crippen molar-refractivity contribution in [1.82, 2.24) is 4.98 Å². The van der Waals surface area contributed by atoms with E-state index < -0.39 is 0 Å². The Kier molecular flexibility index (Phi) is 6.60. The number of nitrogens with zero attached hydrogens (tertiary/aromatic N) is 2. The molecule has 0 saturated carbocycles. The number of aliphatic hydroxyl groups is 1. The number of benzene rings is 2. The van der Waals surface area contributed by atoms with Gasteiger partial charge in [0, 0.05) is 16.6 Å². The summed E-state index contributed by atoms with van der Waals surface area (Å²) in [5, 5.41) is 22.0. The van der Waals surface area contributed by atoms with Gasteiger partial charge >= 0.3 is 5.97 Å². The molecular weight excluding hydrogens is 434 g/mol. The summed E-state index contributed by atoms with van der Waals surface area (Å²) in [5.74, 6) is -0.131. The Labute approximate surface area is 197 Å². The van der Waals surface area contributed by atoms with Crippen LogP contribution in [0.25, 0.3) is 16.8 Å². The molecular formula is C26H27N3O3S. The van der Waals surface area contributed by atoms with E-state index in [1.54, 1.807) is 23.1 Å². The van der Waals surface area contributed by atoms with Crippen molar-refractivity contribution < 1.29 is 14.6 Å². The van der Waals surface area contributed by atoms with Gasteiger partial charge in [0.1, 0.15) is 16.6 Å². The Balaban J connectivity index is 1.55. The minimum absolute atomic E-state index is 0.0944. The maximum Gasteiger partial charge on any atom is 0.338 e. The number of rotatable bonds is 7. The number of esters is 1. The monoisotopic (exact) mass is 461 g/mol. The zero-order valence-electron chi connectivity index (χ0n) is 19.0. The Bertz CT molecular complexity index is 1250. The van der Waals surface area contributed by atoms with Gasteiger partial charge in [-0.15, -0.1) is 11.3 Å². The minimum atomic E-state index is -0.383. The van der Waals surface area contributed by atoms with Crippen molar-refractivity contribution in [2.24, 2.45) is 0 Å². The van der Waals surface area contributed by atoms with E-state index in [-0.39, 0.29) is 24.1 Å². The smallest absolute Gasteiger partial charge is 0.338 e. The number of aromatic nitrogens is 1. The molecule has 1 aromatic heterocycles. The molecule has 0 aliphatic carbocycles. The van der Waals surface area contributed by atoms with Crippen molar-refractivity contribution >= 4 is 34.4 Å². The largest absolute Gasteiger partial charge is 0.510 e. The van der Waals surface area contributed by atoms with Crippen molar-refractivity contribution in [1.29, 1.82) is 5.41 Å². The second-order valence-electron chi connectivity index (χ2n) is 8.13. The Morgan fingerprint density at radius 3 is 2.79 bits per heavy atom. The Morgan fingerprint density at radius 2 is 2.03 bits per heavy atom. The molecule has 0 unspecified atom stereocenters. The van der Waals surface area contributed by atoms with Crippen molar-refractivity contribution in [3.05, 3.63) is 75.3 Å². The van der Waals surface area contributed by atoms with Gasteiger partial charge in [0.2, 0.25) is 0 Å². The third kappa shape index (κ3) is 4.68. The zero-order chi connectivity index (χ0) is 23.5. The first-order chi connectivity index (χ1) is 15.9. The molecule has 33 heavy (non-hydrogen) atoms. The number of unbranched alkanes of at least 4 members (excludes halogenated alkanes) is 1. The average Bonchev–Trinajstić information content (AvgIpc) is 3.40. The second-order valence-corrected chi connectivity index (χ2v) is 8.99. The van der Waals surface area contributed by atoms with Gasteiger partial charge in [0.15, 0.2) is 0 Å². The first-order valence-electron chi connectivity index (χ1n) is 11.0. The number of aliphatic hydroxyl groups excluding tert-OH is 1. The van der Waals surface area contributed by atoms with Gasteiger partial charge < -0.3 is 14.7 Å². The first-order valence-corrected chi connectivity index (χ1v) is 11.9. The summed E-state index contributed by atoms with van der Waals surface area (Å²) in [4.78, 5) is 18.7. The summed E-state index contributed by atoms with van der Waals surface area (Å²) >= 11 is 1.41. The number of hydrogen-bond donors (Lipinski definition) is 2. The summed E-state index contributed by atoms with van der Waals surface area (Å²) in [6, 6.07) is 13.2. The number of aryl methyl sites for hydroxylation is 2. The maximum absolute atomic E-state index is 12.3. The molecule has 0 radical (unpaired) electrons. The fourth-order valence-electron chi connectivity index (χ4n) is 3.64. The van der Waals surface area contributed by atoms with Crippen LogP contribution in [0.3, 0.4) is 0 Å². The van der Waals surface area contributed by atoms with Crippen molar-refractivity contribution in [3.63, 3.8) is 0 Å². The number of carbonyl (C=O) groups excluding carboxylic acids is 1. The molecule has 2 heterocycles. The third-order valence-electron chi connectivity index (χ3n) is 5.75. The van der Waals surface area contributed by atoms with Gasteiger partial charge in [-0.3, -0.25) is 5.41 Å². The van der Waals surface area contributed by atoms with E-state index in [2.05, 4.69) is 26.0 Å². The molecule has 7 heteroatoms. The summed E-state index contributed by atoms with van der Waals surface area (Å²) in [6.07, 6.45) is 1.77. The van der Waals surface area contributed by atoms with Crippen LogP contribution in [0.4, 0.5) is 5.69 Å². The lowest BCUT2D eigenvalue weighted by Gasteiger charge is -2.19. The topological polar surface area (TPSA) is 86.5 Å². The summed E-state index contributed by atoms with van der Waals surface area (Å²) in [5.41, 5.74) is 5.74. The second kappa shape index (κ2) is 9.58. The van der Waals surface area contributed by atoms with Gasteiger partial charge in [0.25, 0.3) is 0 Å². The molecule has 170 valence electrons. The molecule has 1 aliphatic rings. The number of thiazole rings is 1. The number of amidine groups is 1. The van der Waals surface area contributed by atoms with Crippen LogP contribution in [0.1, 0.15) is 46.3 Å². The van der Waals surface area contributed by atoms with Crippen LogP contribution in [0.2, 0.25) is 0 Å². The standard InChI is InChI=1S/C26H27N3O3S/c1-4-5-11-32-26(31)19-7-6-8-20(13-19)29-14-22(30)23(24(29)27)25-28-21(15-33-25)18-10-9-16(2)17(3)12-18/h6-10,12-13,15,27,30H,4-5,11,14H2,1-3H3. The molecule has 0 bridgehead atoms. The molecule has 4 rings (SSSR count). The fourth-order valence-corrected chi connectivity index (χ4v) is 4.54. The number of hydrogen-bond acceptors (Lipinski definition) is 6. The molecule has 3 aromatic rings. The number of nitrogens with one attached hydrogen (secondary N) is 1. The van der Waals surface area contributed by atoms with Crippen LogP contribution >= 0.6 is 11.3 Å². The van der Waals surface area contributed by atoms with Crippen molar-refractivity contribution in [3.8, 4) is 11.3 Å². The van der Waals surface area contributed by atoms with Crippen molar-refractivity contribution in [2.45, 2.75) is 33.6 Å². The lowest BCUT2D eigenvalue weighted by atomic mass is 10.1. The molecule has 0 amide bonds. The van der Waals surface area contributed by atoms with E-state index in [0.717, 1.165) is 24.1 Å². The van der Waals surface area contributed by atoms with E-state index in [0.29, 0.717) is 28.4 Å². The van der Waals surface area contributed by atoms with Crippen LogP contribution in [-0.2, 0) is 4.74 Å². The zero-order valence-corrected chi connectivity index (χ0v) is 19.8. The molecule has 0 fully saturated rings. The Morgan fingerprint density at radius 1 is 1.21 bits per heavy atom. The minimum Gasteiger partial charge on any atom is -0.510 e. The maximum atomic E-state index is 12.3. The van der Waals surface area contributed by atoms with Gasteiger partial charge in [-0.1, -0.05) is 31.5 Å². The highest BCUT2D eigenvalue weighted by molar-refractivity contribution is 7.11. The lowest BCUT2D eigenvalue weighted by Crippen LogP contribution is -2.26. The highest BCUT2D eigenvalue weighted by atomic mass is 32.1. The SMILES string of the molecule is CCCCOC(=O)c1cccc(N2CC(O)=C(c3nc(-c4ccc(C)c(C)c4)cs3)C2=N)c1. The van der Waals surface area contributed by atoms with Gasteiger partial charge in [-0.05, 0) is 55.7 Å². The molecule has 2 N–H and O–H groups in total. The number of anilines is 1. The average molecular weight is 462 g/mol. The van der Waals surface area contributed by atoms with E-state index in [1.165, 1.54) is 22.5 Å². The molecule has 2 aromatic carbocycles. The lowest BCUT2D eigenvalue weighted by molar-refractivity contribution is 0.0500. The molecule has 0 saturated heterocycles. The van der Waals surface area contributed by atoms with Gasteiger partial charge in [-0.2, -0.15) is 0 Å². The highest BCUT2D eigenvalue weighted by Crippen LogP contribution is 2.35. The third-order valence-corrected chi connectivity index (χ3v) is 6.61. The summed E-state index contributed by atoms with van der Waals surface area (Å²) in [7, 11) is 0. The Hall–Kier alpha value is -3.45. The first kappa shape index (κ1) is 22.7. The van der Waals surface area contributed by atoms with Crippen LogP contribution in [-0.4, -0.2) is 35.0 Å². The van der Waals surface area contributed by atoms with Crippen LogP contribution in [0.15, 0.2) is 53.6 Å².